The van der Waals surface area contributed by atoms with E-state index in [0.29, 0.717) is 51.6 Å². The molecule has 2 N–H and O–H groups in total. The predicted octanol–water partition coefficient (Wildman–Crippen LogP) is 3.02. The van der Waals surface area contributed by atoms with Crippen molar-refractivity contribution in [3.05, 3.63) is 28.5 Å². The molecule has 1 amide bonds. The summed E-state index contributed by atoms with van der Waals surface area (Å²) in [6.45, 7) is 7.06. The first-order chi connectivity index (χ1) is 15.0. The molecule has 31 heavy (non-hydrogen) atoms. The van der Waals surface area contributed by atoms with Crippen molar-refractivity contribution in [2.24, 2.45) is 0 Å². The zero-order valence-electron chi connectivity index (χ0n) is 18.1. The zero-order chi connectivity index (χ0) is 22.0. The van der Waals surface area contributed by atoms with Crippen LogP contribution >= 0.6 is 15.9 Å². The molecule has 0 spiro atoms. The number of hydrogen-bond donors (Lipinski definition) is 1. The van der Waals surface area contributed by atoms with E-state index in [1.54, 1.807) is 0 Å². The second-order valence-corrected chi connectivity index (χ2v) is 8.88. The quantitative estimate of drug-likeness (QED) is 0.549. The van der Waals surface area contributed by atoms with E-state index in [2.05, 4.69) is 50.4 Å². The number of hydrogen-bond acceptors (Lipinski definition) is 6. The molecule has 0 bridgehead atoms. The van der Waals surface area contributed by atoms with Crippen LogP contribution in [0.2, 0.25) is 0 Å². The van der Waals surface area contributed by atoms with Crippen LogP contribution in [-0.2, 0) is 22.6 Å². The van der Waals surface area contributed by atoms with E-state index in [4.69, 9.17) is 15.5 Å². The molecule has 0 aliphatic carbocycles. The van der Waals surface area contributed by atoms with Gasteiger partial charge in [0, 0.05) is 35.9 Å². The van der Waals surface area contributed by atoms with Crippen LogP contribution in [0.5, 0.6) is 0 Å². The van der Waals surface area contributed by atoms with E-state index in [0.717, 1.165) is 45.2 Å². The predicted molar refractivity (Wildman–Crippen MR) is 126 cm³/mol. The minimum absolute atomic E-state index is 0.190. The smallest absolute Gasteiger partial charge is 0.222 e. The molecule has 166 valence electrons. The van der Waals surface area contributed by atoms with E-state index in [1.165, 1.54) is 0 Å². The summed E-state index contributed by atoms with van der Waals surface area (Å²) in [6, 6.07) is 6.04. The second-order valence-electron chi connectivity index (χ2n) is 7.96. The minimum atomic E-state index is 0.190. The summed E-state index contributed by atoms with van der Waals surface area (Å²) < 4.78 is 8.54. The number of rotatable bonds is 7. The maximum atomic E-state index is 12.6. The SMILES string of the molecule is CCN(C)Cc1nc2c(N)nc3cc(Br)ccc3c2n1CCCC(=O)N1CCOCC1. The van der Waals surface area contributed by atoms with Gasteiger partial charge in [-0.25, -0.2) is 9.97 Å². The number of nitrogens with zero attached hydrogens (tertiary/aromatic N) is 5. The second kappa shape index (κ2) is 9.50. The number of carbonyl (C=O) groups is 1. The number of anilines is 1. The Balaban J connectivity index is 1.67. The van der Waals surface area contributed by atoms with Crippen LogP contribution in [0.4, 0.5) is 5.82 Å². The third-order valence-corrected chi connectivity index (χ3v) is 6.33. The number of carbonyl (C=O) groups excluding carboxylic acids is 1. The molecular formula is C22H29BrN6O2. The molecule has 1 aliphatic heterocycles. The molecule has 1 saturated heterocycles. The first-order valence-electron chi connectivity index (χ1n) is 10.8. The third kappa shape index (κ3) is 4.68. The molecule has 9 heteroatoms. The molecule has 8 nitrogen and oxygen atoms in total. The van der Waals surface area contributed by atoms with Crippen LogP contribution in [0.3, 0.4) is 0 Å². The van der Waals surface area contributed by atoms with Gasteiger partial charge in [0.15, 0.2) is 5.82 Å². The zero-order valence-corrected chi connectivity index (χ0v) is 19.7. The van der Waals surface area contributed by atoms with Crippen molar-refractivity contribution < 1.29 is 9.53 Å². The molecular weight excluding hydrogens is 460 g/mol. The Kier molecular flexibility index (Phi) is 6.74. The molecule has 0 saturated carbocycles. The fourth-order valence-electron chi connectivity index (χ4n) is 4.01. The van der Waals surface area contributed by atoms with Crippen molar-refractivity contribution in [3.63, 3.8) is 0 Å². The van der Waals surface area contributed by atoms with E-state index in [1.807, 2.05) is 17.0 Å². The van der Waals surface area contributed by atoms with Crippen molar-refractivity contribution >= 4 is 49.6 Å². The van der Waals surface area contributed by atoms with Gasteiger partial charge in [0.2, 0.25) is 5.91 Å². The molecule has 0 radical (unpaired) electrons. The lowest BCUT2D eigenvalue weighted by atomic mass is 10.2. The van der Waals surface area contributed by atoms with E-state index >= 15 is 0 Å². The van der Waals surface area contributed by atoms with Gasteiger partial charge in [-0.1, -0.05) is 22.9 Å². The van der Waals surface area contributed by atoms with Gasteiger partial charge in [-0.15, -0.1) is 0 Å². The van der Waals surface area contributed by atoms with Crippen LogP contribution in [0.25, 0.3) is 21.9 Å². The number of imidazole rings is 1. The molecule has 1 aliphatic rings. The van der Waals surface area contributed by atoms with Crippen molar-refractivity contribution in [3.8, 4) is 0 Å². The first kappa shape index (κ1) is 22.0. The van der Waals surface area contributed by atoms with Gasteiger partial charge in [0.05, 0.1) is 30.8 Å². The fourth-order valence-corrected chi connectivity index (χ4v) is 4.35. The van der Waals surface area contributed by atoms with Crippen molar-refractivity contribution in [1.82, 2.24) is 24.3 Å². The Labute approximate surface area is 190 Å². The van der Waals surface area contributed by atoms with Crippen molar-refractivity contribution in [2.45, 2.75) is 32.9 Å². The summed E-state index contributed by atoms with van der Waals surface area (Å²) in [7, 11) is 2.07. The Bertz CT molecular complexity index is 1090. The number of nitrogens with two attached hydrogens (primary N) is 1. The average Bonchev–Trinajstić information content (AvgIpc) is 3.12. The van der Waals surface area contributed by atoms with Crippen molar-refractivity contribution in [1.29, 1.82) is 0 Å². The summed E-state index contributed by atoms with van der Waals surface area (Å²) in [5, 5.41) is 1.02. The van der Waals surface area contributed by atoms with Gasteiger partial charge in [0.25, 0.3) is 0 Å². The molecule has 2 aromatic heterocycles. The van der Waals surface area contributed by atoms with Crippen LogP contribution in [0, 0.1) is 0 Å². The monoisotopic (exact) mass is 488 g/mol. The van der Waals surface area contributed by atoms with Gasteiger partial charge >= 0.3 is 0 Å². The summed E-state index contributed by atoms with van der Waals surface area (Å²) in [4.78, 5) is 26.2. The highest BCUT2D eigenvalue weighted by Gasteiger charge is 2.20. The minimum Gasteiger partial charge on any atom is -0.382 e. The Morgan fingerprint density at radius 2 is 2.06 bits per heavy atom. The number of morpholine rings is 1. The lowest BCUT2D eigenvalue weighted by molar-refractivity contribution is -0.135. The number of aryl methyl sites for hydroxylation is 1. The van der Waals surface area contributed by atoms with Gasteiger partial charge in [-0.3, -0.25) is 9.69 Å². The number of benzene rings is 1. The highest BCUT2D eigenvalue weighted by atomic mass is 79.9. The molecule has 4 rings (SSSR count). The first-order valence-corrected chi connectivity index (χ1v) is 11.5. The van der Waals surface area contributed by atoms with Crippen molar-refractivity contribution in [2.75, 3.05) is 45.6 Å². The molecule has 1 aromatic carbocycles. The Morgan fingerprint density at radius 3 is 2.81 bits per heavy atom. The van der Waals surface area contributed by atoms with E-state index in [9.17, 15) is 4.79 Å². The number of pyridine rings is 1. The molecule has 1 fully saturated rings. The fraction of sp³-hybridized carbons (Fsp3) is 0.500. The van der Waals surface area contributed by atoms with Gasteiger partial charge in [-0.2, -0.15) is 0 Å². The normalized spacial score (nSPS) is 14.8. The van der Waals surface area contributed by atoms with Crippen LogP contribution in [0.1, 0.15) is 25.6 Å². The lowest BCUT2D eigenvalue weighted by Gasteiger charge is -2.27. The van der Waals surface area contributed by atoms with Crippen LogP contribution < -0.4 is 5.73 Å². The lowest BCUT2D eigenvalue weighted by Crippen LogP contribution is -2.40. The van der Waals surface area contributed by atoms with E-state index < -0.39 is 0 Å². The van der Waals surface area contributed by atoms with E-state index in [-0.39, 0.29) is 5.91 Å². The largest absolute Gasteiger partial charge is 0.382 e. The molecule has 0 unspecified atom stereocenters. The number of fused-ring (bicyclic) bond motifs is 3. The maximum absolute atomic E-state index is 12.6. The average molecular weight is 489 g/mol. The summed E-state index contributed by atoms with van der Waals surface area (Å²) in [5.41, 5.74) is 8.86. The number of ether oxygens (including phenoxy) is 1. The number of halogens is 1. The Hall–Kier alpha value is -2.23. The van der Waals surface area contributed by atoms with Gasteiger partial charge in [0.1, 0.15) is 11.3 Å². The summed E-state index contributed by atoms with van der Waals surface area (Å²) in [6.07, 6.45) is 1.25. The topological polar surface area (TPSA) is 89.5 Å². The molecule has 3 heterocycles. The standard InChI is InChI=1S/C22H29BrN6O2/c1-3-27(2)14-18-26-20-21(16-7-6-15(23)13-17(16)25-22(20)24)29(18)8-4-5-19(30)28-9-11-31-12-10-28/h6-7,13H,3-5,8-12,14H2,1-2H3,(H2,24,25). The van der Waals surface area contributed by atoms with Gasteiger partial charge in [-0.05, 0) is 38.2 Å². The third-order valence-electron chi connectivity index (χ3n) is 5.83. The van der Waals surface area contributed by atoms with Crippen LogP contribution in [-0.4, -0.2) is 70.1 Å². The molecule has 0 atom stereocenters. The highest BCUT2D eigenvalue weighted by molar-refractivity contribution is 9.10. The number of aromatic nitrogens is 3. The van der Waals surface area contributed by atoms with Gasteiger partial charge < -0.3 is 19.9 Å². The summed E-state index contributed by atoms with van der Waals surface area (Å²) in [5.74, 6) is 1.57. The van der Waals surface area contributed by atoms with Crippen LogP contribution in [0.15, 0.2) is 22.7 Å². The maximum Gasteiger partial charge on any atom is 0.222 e. The highest BCUT2D eigenvalue weighted by Crippen LogP contribution is 2.31. The number of nitrogen functional groups attached to an aromatic ring is 1. The number of amides is 1. The Morgan fingerprint density at radius 1 is 1.29 bits per heavy atom. The molecule has 3 aromatic rings. The summed E-state index contributed by atoms with van der Waals surface area (Å²) >= 11 is 3.52.